The molecule has 1 aliphatic rings. The summed E-state index contributed by atoms with van der Waals surface area (Å²) >= 11 is 1.42. The fraction of sp³-hybridized carbons (Fsp3) is 0.174. The van der Waals surface area contributed by atoms with Crippen molar-refractivity contribution in [1.29, 1.82) is 0 Å². The molecule has 0 radical (unpaired) electrons. The number of anilines is 1. The molecule has 1 aliphatic heterocycles. The Morgan fingerprint density at radius 1 is 1.19 bits per heavy atom. The van der Waals surface area contributed by atoms with Gasteiger partial charge in [-0.1, -0.05) is 12.1 Å². The number of aryl methyl sites for hydroxylation is 2. The summed E-state index contributed by atoms with van der Waals surface area (Å²) in [6.07, 6.45) is 1.64. The number of carbonyl (C=O) groups excluding carboxylic acids is 2. The monoisotopic (exact) mass is 436 g/mol. The zero-order valence-electron chi connectivity index (χ0n) is 17.2. The lowest BCUT2D eigenvalue weighted by atomic mass is 10.1. The second-order valence-corrected chi connectivity index (χ2v) is 8.08. The molecule has 7 nitrogen and oxygen atoms in total. The smallest absolute Gasteiger partial charge is 0.264 e. The Morgan fingerprint density at radius 3 is 2.77 bits per heavy atom. The first-order valence-electron chi connectivity index (χ1n) is 9.52. The number of fused-ring (bicyclic) bond motifs is 1. The van der Waals surface area contributed by atoms with Crippen molar-refractivity contribution in [3.63, 3.8) is 0 Å². The van der Waals surface area contributed by atoms with E-state index in [4.69, 9.17) is 14.2 Å². The number of amides is 1. The molecule has 0 saturated carbocycles. The highest BCUT2D eigenvalue weighted by Gasteiger charge is 2.27. The molecular weight excluding hydrogens is 416 g/mol. The minimum absolute atomic E-state index is 0.154. The van der Waals surface area contributed by atoms with Crippen LogP contribution >= 0.6 is 11.3 Å². The number of ether oxygens (including phenoxy) is 3. The summed E-state index contributed by atoms with van der Waals surface area (Å²) in [5.41, 5.74) is 2.10. The van der Waals surface area contributed by atoms with E-state index in [1.54, 1.807) is 49.6 Å². The van der Waals surface area contributed by atoms with Crippen LogP contribution in [-0.2, 0) is 4.79 Å². The van der Waals surface area contributed by atoms with Crippen LogP contribution < -0.4 is 19.5 Å². The largest absolute Gasteiger partial charge is 0.497 e. The Kier molecular flexibility index (Phi) is 5.73. The number of ketones is 1. The number of benzene rings is 2. The Hall–Kier alpha value is -3.65. The topological polar surface area (TPSA) is 86.8 Å². The summed E-state index contributed by atoms with van der Waals surface area (Å²) in [6, 6.07) is 12.2. The number of methoxy groups -OCH3 is 1. The van der Waals surface area contributed by atoms with Gasteiger partial charge in [0.25, 0.3) is 5.91 Å². The van der Waals surface area contributed by atoms with Gasteiger partial charge in [0.1, 0.15) is 17.2 Å². The van der Waals surface area contributed by atoms with Crippen LogP contribution in [0.1, 0.15) is 26.5 Å². The first-order chi connectivity index (χ1) is 14.9. The minimum Gasteiger partial charge on any atom is -0.497 e. The third-order valence-electron chi connectivity index (χ3n) is 4.68. The van der Waals surface area contributed by atoms with Gasteiger partial charge in [-0.15, -0.1) is 11.3 Å². The number of thiazole rings is 1. The van der Waals surface area contributed by atoms with Gasteiger partial charge in [0.15, 0.2) is 17.5 Å². The van der Waals surface area contributed by atoms with Crippen LogP contribution in [-0.4, -0.2) is 30.4 Å². The van der Waals surface area contributed by atoms with Crippen molar-refractivity contribution in [2.24, 2.45) is 0 Å². The van der Waals surface area contributed by atoms with Crippen LogP contribution in [0.15, 0.2) is 48.2 Å². The molecule has 2 aromatic carbocycles. The summed E-state index contributed by atoms with van der Waals surface area (Å²) in [7, 11) is 1.56. The highest BCUT2D eigenvalue weighted by molar-refractivity contribution is 7.15. The van der Waals surface area contributed by atoms with Gasteiger partial charge in [-0.3, -0.25) is 14.9 Å². The second kappa shape index (κ2) is 8.61. The molecule has 2 heterocycles. The predicted octanol–water partition coefficient (Wildman–Crippen LogP) is 4.40. The van der Waals surface area contributed by atoms with Gasteiger partial charge < -0.3 is 14.2 Å². The number of nitrogens with one attached hydrogen (secondary N) is 1. The van der Waals surface area contributed by atoms with E-state index in [9.17, 15) is 9.59 Å². The fourth-order valence-electron chi connectivity index (χ4n) is 2.97. The van der Waals surface area contributed by atoms with Crippen LogP contribution in [0.2, 0.25) is 0 Å². The van der Waals surface area contributed by atoms with E-state index in [-0.39, 0.29) is 24.1 Å². The van der Waals surface area contributed by atoms with E-state index in [0.717, 1.165) is 10.6 Å². The number of hydrogen-bond acceptors (Lipinski definition) is 7. The molecule has 4 rings (SSSR count). The van der Waals surface area contributed by atoms with Gasteiger partial charge in [-0.25, -0.2) is 4.98 Å². The lowest BCUT2D eigenvalue weighted by molar-refractivity contribution is -0.118. The molecule has 0 aliphatic carbocycles. The van der Waals surface area contributed by atoms with Gasteiger partial charge in [0, 0.05) is 10.9 Å². The molecule has 0 spiro atoms. The molecular formula is C23H20N2O5S. The van der Waals surface area contributed by atoms with Crippen LogP contribution in [0, 0.1) is 13.8 Å². The maximum atomic E-state index is 12.6. The Labute approximate surface area is 183 Å². The Bertz CT molecular complexity index is 1180. The highest BCUT2D eigenvalue weighted by Crippen LogP contribution is 2.35. The zero-order chi connectivity index (χ0) is 22.0. The average Bonchev–Trinajstić information content (AvgIpc) is 3.24. The van der Waals surface area contributed by atoms with Crippen LogP contribution in [0.4, 0.5) is 5.13 Å². The maximum Gasteiger partial charge on any atom is 0.264 e. The van der Waals surface area contributed by atoms with E-state index < -0.39 is 0 Å². The van der Waals surface area contributed by atoms with Crippen LogP contribution in [0.3, 0.4) is 0 Å². The van der Waals surface area contributed by atoms with E-state index in [2.05, 4.69) is 10.3 Å². The average molecular weight is 436 g/mol. The first kappa shape index (κ1) is 20.6. The van der Waals surface area contributed by atoms with E-state index in [1.165, 1.54) is 11.3 Å². The van der Waals surface area contributed by atoms with Crippen molar-refractivity contribution in [3.8, 4) is 17.2 Å². The van der Waals surface area contributed by atoms with Crippen molar-refractivity contribution >= 4 is 34.2 Å². The van der Waals surface area contributed by atoms with Gasteiger partial charge >= 0.3 is 0 Å². The number of carbonyl (C=O) groups is 2. The Morgan fingerprint density at radius 2 is 2.03 bits per heavy atom. The van der Waals surface area contributed by atoms with Gasteiger partial charge in [-0.2, -0.15) is 0 Å². The highest BCUT2D eigenvalue weighted by atomic mass is 32.1. The van der Waals surface area contributed by atoms with Crippen molar-refractivity contribution in [2.45, 2.75) is 13.8 Å². The van der Waals surface area contributed by atoms with Crippen molar-refractivity contribution in [3.05, 3.63) is 69.9 Å². The summed E-state index contributed by atoms with van der Waals surface area (Å²) in [4.78, 5) is 30.0. The lowest BCUT2D eigenvalue weighted by Crippen LogP contribution is -2.20. The normalized spacial score (nSPS) is 13.6. The van der Waals surface area contributed by atoms with Gasteiger partial charge in [-0.05, 0) is 49.8 Å². The molecule has 8 heteroatoms. The van der Waals surface area contributed by atoms with Crippen molar-refractivity contribution in [1.82, 2.24) is 4.98 Å². The third-order valence-corrected chi connectivity index (χ3v) is 5.67. The number of Topliss-reactive ketones (excluding diaryl/α,β-unsaturated/α-hetero) is 1. The number of aromatic nitrogens is 1. The molecule has 0 saturated heterocycles. The van der Waals surface area contributed by atoms with Crippen molar-refractivity contribution < 1.29 is 23.8 Å². The molecule has 31 heavy (non-hydrogen) atoms. The molecule has 0 atom stereocenters. The first-order valence-corrected chi connectivity index (χ1v) is 10.3. The molecule has 158 valence electrons. The summed E-state index contributed by atoms with van der Waals surface area (Å²) in [6.45, 7) is 3.69. The molecule has 1 amide bonds. The second-order valence-electron chi connectivity index (χ2n) is 6.87. The van der Waals surface area contributed by atoms with E-state index in [1.807, 2.05) is 19.9 Å². The standard InChI is InChI=1S/C23H20N2O5S/c1-13-14(2)31-23(24-13)25-21(26)12-29-17-6-4-5-15(9-17)10-20-22(27)18-8-7-16(28-3)11-19(18)30-20/h4-11H,12H2,1-3H3,(H,24,25,26)/b20-10-. The van der Waals surface area contributed by atoms with Crippen LogP contribution in [0.25, 0.3) is 6.08 Å². The molecule has 1 aromatic heterocycles. The minimum atomic E-state index is -0.295. The van der Waals surface area contributed by atoms with E-state index >= 15 is 0 Å². The molecule has 1 N–H and O–H groups in total. The van der Waals surface area contributed by atoms with Gasteiger partial charge in [0.2, 0.25) is 5.78 Å². The number of rotatable bonds is 6. The van der Waals surface area contributed by atoms with Gasteiger partial charge in [0.05, 0.1) is 18.4 Å². The van der Waals surface area contributed by atoms with Crippen LogP contribution in [0.5, 0.6) is 17.2 Å². The number of hydrogen-bond donors (Lipinski definition) is 1. The molecule has 3 aromatic rings. The Balaban J connectivity index is 1.41. The summed E-state index contributed by atoms with van der Waals surface area (Å²) < 4.78 is 16.5. The fourth-order valence-corrected chi connectivity index (χ4v) is 3.80. The summed E-state index contributed by atoms with van der Waals surface area (Å²) in [5, 5.41) is 3.28. The summed E-state index contributed by atoms with van der Waals surface area (Å²) in [5.74, 6) is 1.30. The van der Waals surface area contributed by atoms with Crippen molar-refractivity contribution in [2.75, 3.05) is 19.0 Å². The van der Waals surface area contributed by atoms with E-state index in [0.29, 0.717) is 33.5 Å². The molecule has 0 bridgehead atoms. The SMILES string of the molecule is COc1ccc2c(c1)O/C(=C\c1cccc(OCC(=O)Nc3nc(C)c(C)s3)c1)C2=O. The molecule has 0 fully saturated rings. The molecule has 0 unspecified atom stereocenters. The zero-order valence-corrected chi connectivity index (χ0v) is 18.0. The lowest BCUT2D eigenvalue weighted by Gasteiger charge is -2.07. The quantitative estimate of drug-likeness (QED) is 0.577. The predicted molar refractivity (Wildman–Crippen MR) is 118 cm³/mol. The number of nitrogens with zero attached hydrogens (tertiary/aromatic N) is 1. The number of allylic oxidation sites excluding steroid dienone is 1. The maximum absolute atomic E-state index is 12.6. The third kappa shape index (κ3) is 4.59.